The third-order valence-electron chi connectivity index (χ3n) is 3.56. The molecule has 3 N–H and O–H groups in total. The lowest BCUT2D eigenvalue weighted by Crippen LogP contribution is -2.40. The van der Waals surface area contributed by atoms with E-state index in [4.69, 9.17) is 5.73 Å². The summed E-state index contributed by atoms with van der Waals surface area (Å²) >= 11 is 0. The number of anilines is 1. The largest absolute Gasteiger partial charge is 0.384 e. The first-order chi connectivity index (χ1) is 9.06. The fourth-order valence-corrected chi connectivity index (χ4v) is 2.48. The van der Waals surface area contributed by atoms with Crippen molar-refractivity contribution in [1.29, 1.82) is 0 Å². The Bertz CT molecular complexity index is 435. The van der Waals surface area contributed by atoms with Crippen LogP contribution in [0.5, 0.6) is 0 Å². The molecule has 0 spiro atoms. The molecule has 0 aliphatic carbocycles. The van der Waals surface area contributed by atoms with Gasteiger partial charge in [0.2, 0.25) is 0 Å². The lowest BCUT2D eigenvalue weighted by Gasteiger charge is -2.23. The number of carbonyl (C=O) groups is 1. The first kappa shape index (κ1) is 13.8. The second-order valence-corrected chi connectivity index (χ2v) is 5.22. The van der Waals surface area contributed by atoms with Crippen molar-refractivity contribution in [2.45, 2.75) is 32.7 Å². The van der Waals surface area contributed by atoms with E-state index < -0.39 is 0 Å². The van der Waals surface area contributed by atoms with Gasteiger partial charge in [-0.3, -0.25) is 9.69 Å². The molecule has 1 aliphatic rings. The second kappa shape index (κ2) is 6.02. The third-order valence-corrected chi connectivity index (χ3v) is 3.56. The van der Waals surface area contributed by atoms with Gasteiger partial charge < -0.3 is 11.1 Å². The summed E-state index contributed by atoms with van der Waals surface area (Å²) < 4.78 is 0. The summed E-state index contributed by atoms with van der Waals surface area (Å²) in [6.45, 7) is 6.93. The summed E-state index contributed by atoms with van der Waals surface area (Å²) in [6, 6.07) is 3.75. The third kappa shape index (κ3) is 3.67. The minimum Gasteiger partial charge on any atom is -0.384 e. The van der Waals surface area contributed by atoms with Gasteiger partial charge in [-0.2, -0.15) is 0 Å². The molecule has 2 heterocycles. The highest BCUT2D eigenvalue weighted by molar-refractivity contribution is 5.94. The van der Waals surface area contributed by atoms with Crippen molar-refractivity contribution in [3.05, 3.63) is 23.4 Å². The smallest absolute Gasteiger partial charge is 0.251 e. The number of likely N-dealkylation sites (tertiary alicyclic amines) is 1. The maximum atomic E-state index is 12.1. The highest BCUT2D eigenvalue weighted by atomic mass is 16.1. The number of hydrogen-bond donors (Lipinski definition) is 2. The molecule has 1 unspecified atom stereocenters. The van der Waals surface area contributed by atoms with Crippen LogP contribution in [0.3, 0.4) is 0 Å². The van der Waals surface area contributed by atoms with E-state index in [0.29, 0.717) is 24.0 Å². The zero-order valence-electron chi connectivity index (χ0n) is 11.6. The molecule has 1 fully saturated rings. The van der Waals surface area contributed by atoms with Gasteiger partial charge in [0.15, 0.2) is 0 Å². The maximum absolute atomic E-state index is 12.1. The van der Waals surface area contributed by atoms with Crippen LogP contribution >= 0.6 is 0 Å². The molecule has 104 valence electrons. The van der Waals surface area contributed by atoms with Gasteiger partial charge >= 0.3 is 0 Å². The molecule has 5 nitrogen and oxygen atoms in total. The van der Waals surface area contributed by atoms with E-state index in [-0.39, 0.29) is 5.91 Å². The number of rotatable bonds is 4. The molecule has 0 bridgehead atoms. The second-order valence-electron chi connectivity index (χ2n) is 5.22. The highest BCUT2D eigenvalue weighted by Gasteiger charge is 2.18. The van der Waals surface area contributed by atoms with E-state index >= 15 is 0 Å². The van der Waals surface area contributed by atoms with Gasteiger partial charge in [-0.25, -0.2) is 4.98 Å². The van der Waals surface area contributed by atoms with Gasteiger partial charge in [-0.15, -0.1) is 0 Å². The Hall–Kier alpha value is -1.62. The summed E-state index contributed by atoms with van der Waals surface area (Å²) in [4.78, 5) is 18.5. The minimum absolute atomic E-state index is 0.0803. The number of nitrogens with two attached hydrogens (primary N) is 1. The van der Waals surface area contributed by atoms with Gasteiger partial charge in [0, 0.05) is 23.8 Å². The summed E-state index contributed by atoms with van der Waals surface area (Å²) in [5.74, 6) is 0.306. The molecular weight excluding hydrogens is 240 g/mol. The van der Waals surface area contributed by atoms with Gasteiger partial charge in [-0.1, -0.05) is 0 Å². The molecule has 0 saturated carbocycles. The Morgan fingerprint density at radius 1 is 1.47 bits per heavy atom. The number of hydrogen-bond acceptors (Lipinski definition) is 4. The fourth-order valence-electron chi connectivity index (χ4n) is 2.48. The zero-order chi connectivity index (χ0) is 13.8. The number of amides is 1. The Morgan fingerprint density at radius 2 is 2.16 bits per heavy atom. The van der Waals surface area contributed by atoms with Gasteiger partial charge in [0.05, 0.1) is 0 Å². The number of aryl methyl sites for hydroxylation is 1. The van der Waals surface area contributed by atoms with Crippen LogP contribution in [0.15, 0.2) is 12.1 Å². The van der Waals surface area contributed by atoms with Crippen LogP contribution < -0.4 is 11.1 Å². The predicted molar refractivity (Wildman–Crippen MR) is 76.0 cm³/mol. The molecule has 1 amide bonds. The summed E-state index contributed by atoms with van der Waals surface area (Å²) in [5.41, 5.74) is 7.00. The van der Waals surface area contributed by atoms with E-state index in [1.807, 2.05) is 6.92 Å². The maximum Gasteiger partial charge on any atom is 0.251 e. The topological polar surface area (TPSA) is 71.2 Å². The van der Waals surface area contributed by atoms with Crippen LogP contribution in [0.1, 0.15) is 35.8 Å². The fraction of sp³-hybridized carbons (Fsp3) is 0.571. The average Bonchev–Trinajstić information content (AvgIpc) is 2.88. The minimum atomic E-state index is -0.0803. The molecule has 0 radical (unpaired) electrons. The quantitative estimate of drug-likeness (QED) is 0.855. The molecule has 1 aromatic heterocycles. The number of aromatic nitrogens is 1. The molecular formula is C14H22N4O. The van der Waals surface area contributed by atoms with Crippen LogP contribution in [-0.4, -0.2) is 41.5 Å². The first-order valence-corrected chi connectivity index (χ1v) is 6.82. The van der Waals surface area contributed by atoms with Crippen LogP contribution in [0.2, 0.25) is 0 Å². The number of nitrogens with one attached hydrogen (secondary N) is 1. The Kier molecular flexibility index (Phi) is 4.37. The van der Waals surface area contributed by atoms with Crippen LogP contribution in [0.4, 0.5) is 5.82 Å². The molecule has 1 aromatic rings. The normalized spacial score (nSPS) is 17.4. The average molecular weight is 262 g/mol. The Labute approximate surface area is 114 Å². The number of pyridine rings is 1. The molecule has 1 atom stereocenters. The molecule has 1 saturated heterocycles. The Morgan fingerprint density at radius 3 is 2.79 bits per heavy atom. The predicted octanol–water partition coefficient (Wildman–Crippen LogP) is 1.19. The zero-order valence-corrected chi connectivity index (χ0v) is 11.6. The highest BCUT2D eigenvalue weighted by Crippen LogP contribution is 2.11. The summed E-state index contributed by atoms with van der Waals surface area (Å²) in [5, 5.41) is 2.97. The monoisotopic (exact) mass is 262 g/mol. The number of nitrogen functional groups attached to an aromatic ring is 1. The number of nitrogens with zero attached hydrogens (tertiary/aromatic N) is 2. The van der Waals surface area contributed by atoms with Crippen molar-refractivity contribution in [1.82, 2.24) is 15.2 Å². The van der Waals surface area contributed by atoms with Crippen molar-refractivity contribution in [2.75, 3.05) is 25.4 Å². The van der Waals surface area contributed by atoms with Gasteiger partial charge in [0.25, 0.3) is 5.91 Å². The van der Waals surface area contributed by atoms with Crippen molar-refractivity contribution in [3.8, 4) is 0 Å². The molecule has 2 rings (SSSR count). The van der Waals surface area contributed by atoms with Crippen molar-refractivity contribution >= 4 is 11.7 Å². The lowest BCUT2D eigenvalue weighted by molar-refractivity contribution is 0.0940. The van der Waals surface area contributed by atoms with E-state index in [2.05, 4.69) is 22.1 Å². The summed E-state index contributed by atoms with van der Waals surface area (Å²) in [7, 11) is 0. The molecule has 19 heavy (non-hydrogen) atoms. The lowest BCUT2D eigenvalue weighted by atomic mass is 10.2. The summed E-state index contributed by atoms with van der Waals surface area (Å²) in [6.07, 6.45) is 2.52. The van der Waals surface area contributed by atoms with Crippen molar-refractivity contribution < 1.29 is 4.79 Å². The van der Waals surface area contributed by atoms with Crippen LogP contribution in [0.25, 0.3) is 0 Å². The SMILES string of the molecule is Cc1cc(C(=O)NCC(C)N2CCCC2)cc(N)n1. The van der Waals surface area contributed by atoms with Crippen LogP contribution in [0, 0.1) is 6.92 Å². The van der Waals surface area contributed by atoms with E-state index in [0.717, 1.165) is 18.8 Å². The number of carbonyl (C=O) groups excluding carboxylic acids is 1. The van der Waals surface area contributed by atoms with Gasteiger partial charge in [-0.05, 0) is 51.9 Å². The standard InChI is InChI=1S/C14H22N4O/c1-10-7-12(8-13(15)17-10)14(19)16-9-11(2)18-5-3-4-6-18/h7-8,11H,3-6,9H2,1-2H3,(H2,15,17)(H,16,19). The molecule has 0 aromatic carbocycles. The van der Waals surface area contributed by atoms with Crippen molar-refractivity contribution in [3.63, 3.8) is 0 Å². The molecule has 1 aliphatic heterocycles. The first-order valence-electron chi connectivity index (χ1n) is 6.82. The van der Waals surface area contributed by atoms with E-state index in [1.165, 1.54) is 12.8 Å². The van der Waals surface area contributed by atoms with Crippen molar-refractivity contribution in [2.24, 2.45) is 0 Å². The van der Waals surface area contributed by atoms with Crippen LogP contribution in [-0.2, 0) is 0 Å². The molecule has 5 heteroatoms. The van der Waals surface area contributed by atoms with E-state index in [1.54, 1.807) is 12.1 Å². The van der Waals surface area contributed by atoms with E-state index in [9.17, 15) is 4.79 Å². The Balaban J connectivity index is 1.89. The van der Waals surface area contributed by atoms with Gasteiger partial charge in [0.1, 0.15) is 5.82 Å².